The van der Waals surface area contributed by atoms with Crippen molar-refractivity contribution < 1.29 is 38.9 Å². The van der Waals surface area contributed by atoms with Crippen LogP contribution in [0, 0.1) is 0 Å². The van der Waals surface area contributed by atoms with Crippen molar-refractivity contribution in [3.05, 3.63) is 82.9 Å². The van der Waals surface area contributed by atoms with E-state index in [-0.39, 0.29) is 43.2 Å². The molecule has 5 aromatic rings. The predicted octanol–water partition coefficient (Wildman–Crippen LogP) is 4.14. The van der Waals surface area contributed by atoms with Crippen molar-refractivity contribution in [2.75, 3.05) is 0 Å². The molecule has 40 heavy (non-hydrogen) atoms. The van der Waals surface area contributed by atoms with Crippen LogP contribution in [-0.2, 0) is 30.4 Å². The van der Waals surface area contributed by atoms with E-state index in [1.54, 1.807) is 18.2 Å². The Labute approximate surface area is 232 Å². The molecule has 0 fully saturated rings. The van der Waals surface area contributed by atoms with Gasteiger partial charge in [-0.25, -0.2) is 0 Å². The smallest absolute Gasteiger partial charge is 0.282 e. The van der Waals surface area contributed by atoms with Gasteiger partial charge in [-0.2, -0.15) is 30.0 Å². The van der Waals surface area contributed by atoms with E-state index in [2.05, 4.69) is 10.2 Å². The lowest BCUT2D eigenvalue weighted by molar-refractivity contribution is 0.480. The molecule has 206 valence electrons. The molecule has 0 saturated heterocycles. The number of hydrogen-bond donors (Lipinski definition) is 3. The van der Waals surface area contributed by atoms with Gasteiger partial charge in [0.2, 0.25) is 0 Å². The highest BCUT2D eigenvalue weighted by Crippen LogP contribution is 2.31. The molecule has 0 radical (unpaired) electrons. The molecule has 12 nitrogen and oxygen atoms in total. The zero-order valence-corrected chi connectivity index (χ0v) is 22.9. The average molecular weight is 622 g/mol. The van der Waals surface area contributed by atoms with Crippen molar-refractivity contribution in [1.29, 1.82) is 0 Å². The van der Waals surface area contributed by atoms with Gasteiger partial charge in [0.1, 0.15) is 25.7 Å². The summed E-state index contributed by atoms with van der Waals surface area (Å²) in [6, 6.07) is 14.9. The van der Waals surface area contributed by atoms with Crippen LogP contribution in [0.4, 0.5) is 0 Å². The fraction of sp³-hybridized carbons (Fsp3) is 0. The Kier molecular flexibility index (Phi) is 6.78. The number of rotatable bonds is 6. The van der Waals surface area contributed by atoms with Crippen LogP contribution >= 0.6 is 11.6 Å². The minimum atomic E-state index is -4.83. The number of halogens is 1. The highest BCUT2D eigenvalue weighted by molar-refractivity contribution is 7.86. The van der Waals surface area contributed by atoms with Crippen LogP contribution in [0.1, 0.15) is 11.1 Å². The molecule has 1 aromatic heterocycles. The quantitative estimate of drug-likeness (QED) is 0.182. The molecular formula is C24H16ClN3O9S3. The molecule has 0 saturated carbocycles. The number of fused-ring (bicyclic) bond motifs is 3. The van der Waals surface area contributed by atoms with Crippen molar-refractivity contribution >= 4 is 75.9 Å². The first-order chi connectivity index (χ1) is 18.6. The Hall–Kier alpha value is -3.70. The molecule has 4 aromatic carbocycles. The second kappa shape index (κ2) is 9.74. The van der Waals surface area contributed by atoms with Crippen LogP contribution in [0.25, 0.3) is 39.6 Å². The summed E-state index contributed by atoms with van der Waals surface area (Å²) in [5.74, 6) is 0. The van der Waals surface area contributed by atoms with Crippen molar-refractivity contribution in [3.8, 4) is 5.69 Å². The molecule has 0 amide bonds. The first-order valence-corrected chi connectivity index (χ1v) is 15.7. The van der Waals surface area contributed by atoms with E-state index in [0.29, 0.717) is 5.39 Å². The molecule has 1 heterocycles. The molecule has 0 bridgehead atoms. The summed E-state index contributed by atoms with van der Waals surface area (Å²) in [7, 11) is -14.1. The summed E-state index contributed by atoms with van der Waals surface area (Å²) in [6.45, 7) is 0. The Bertz CT molecular complexity index is 2210. The minimum absolute atomic E-state index is 0.00113. The maximum Gasteiger partial charge on any atom is 0.295 e. The first kappa shape index (κ1) is 27.9. The summed E-state index contributed by atoms with van der Waals surface area (Å²) in [4.78, 5) is -0.435. The van der Waals surface area contributed by atoms with Crippen LogP contribution in [-0.4, -0.2) is 53.9 Å². The zero-order valence-electron chi connectivity index (χ0n) is 19.7. The number of benzene rings is 4. The molecule has 3 N–H and O–H groups in total. The lowest BCUT2D eigenvalue weighted by atomic mass is 10.1. The second-order valence-corrected chi connectivity index (χ2v) is 13.0. The number of aromatic nitrogens is 3. The van der Waals surface area contributed by atoms with Gasteiger partial charge in [-0.05, 0) is 41.5 Å². The van der Waals surface area contributed by atoms with Gasteiger partial charge in [-0.1, -0.05) is 60.2 Å². The fourth-order valence-electron chi connectivity index (χ4n) is 4.10. The maximum atomic E-state index is 12.2. The zero-order chi connectivity index (χ0) is 29.0. The molecule has 0 atom stereocenters. The molecule has 16 heteroatoms. The molecule has 0 aliphatic carbocycles. The van der Waals surface area contributed by atoms with Crippen LogP contribution in [0.15, 0.2) is 81.4 Å². The summed E-state index contributed by atoms with van der Waals surface area (Å²) in [6.07, 6.45) is 2.43. The van der Waals surface area contributed by atoms with Gasteiger partial charge in [0, 0.05) is 15.8 Å². The van der Waals surface area contributed by atoms with Crippen LogP contribution in [0.5, 0.6) is 0 Å². The monoisotopic (exact) mass is 621 g/mol. The minimum Gasteiger partial charge on any atom is -0.282 e. The number of hydrogen-bond acceptors (Lipinski definition) is 8. The van der Waals surface area contributed by atoms with Crippen LogP contribution in [0.3, 0.4) is 0 Å². The SMILES string of the molecule is O=S(=O)(O)c1cc(Cl)ccc1/C=C/c1ccc(-n2nc3cc(S(=O)(=O)O)c4ccccc4c3n2)cc1S(=O)(=O)O. The highest BCUT2D eigenvalue weighted by Gasteiger charge is 2.21. The Balaban J connectivity index is 1.65. The largest absolute Gasteiger partial charge is 0.295 e. The standard InChI is InChI=1S/C24H16ClN3O9S3/c25-16-9-7-14(21(11-16)38(29,30)31)5-6-15-8-10-17(12-22(15)39(32,33)34)28-26-20-13-23(40(35,36)37)18-3-1-2-4-19(18)24(20)27-28/h1-13H,(H,29,30,31)(H,32,33,34)(H,35,36,37)/b6-5+. The molecule has 0 aliphatic heterocycles. The van der Waals surface area contributed by atoms with E-state index in [9.17, 15) is 38.9 Å². The van der Waals surface area contributed by atoms with Gasteiger partial charge in [0.25, 0.3) is 30.4 Å². The Morgan fingerprint density at radius 2 is 1.20 bits per heavy atom. The van der Waals surface area contributed by atoms with E-state index in [4.69, 9.17) is 11.6 Å². The third-order valence-electron chi connectivity index (χ3n) is 5.84. The average Bonchev–Trinajstić information content (AvgIpc) is 3.30. The lowest BCUT2D eigenvalue weighted by Gasteiger charge is -2.07. The summed E-state index contributed by atoms with van der Waals surface area (Å²) in [5.41, 5.74) is 0.380. The third-order valence-corrected chi connectivity index (χ3v) is 8.78. The van der Waals surface area contributed by atoms with Crippen molar-refractivity contribution in [1.82, 2.24) is 15.0 Å². The topological polar surface area (TPSA) is 194 Å². The predicted molar refractivity (Wildman–Crippen MR) is 146 cm³/mol. The van der Waals surface area contributed by atoms with Crippen LogP contribution in [0.2, 0.25) is 5.02 Å². The molecule has 0 aliphatic rings. The highest BCUT2D eigenvalue weighted by atomic mass is 35.5. The van der Waals surface area contributed by atoms with E-state index < -0.39 is 40.1 Å². The first-order valence-electron chi connectivity index (χ1n) is 11.0. The van der Waals surface area contributed by atoms with E-state index in [0.717, 1.165) is 23.0 Å². The maximum absolute atomic E-state index is 12.2. The summed E-state index contributed by atoms with van der Waals surface area (Å²) < 4.78 is 101. The second-order valence-electron chi connectivity index (χ2n) is 8.44. The Morgan fingerprint density at radius 3 is 1.80 bits per heavy atom. The van der Waals surface area contributed by atoms with E-state index in [1.165, 1.54) is 42.5 Å². The third kappa shape index (κ3) is 5.35. The van der Waals surface area contributed by atoms with E-state index >= 15 is 0 Å². The van der Waals surface area contributed by atoms with E-state index in [1.807, 2.05) is 0 Å². The van der Waals surface area contributed by atoms with Gasteiger partial charge < -0.3 is 0 Å². The lowest BCUT2D eigenvalue weighted by Crippen LogP contribution is -2.05. The summed E-state index contributed by atoms with van der Waals surface area (Å²) in [5, 5.41) is 9.20. The normalized spacial score (nSPS) is 13.0. The molecule has 5 rings (SSSR count). The molecular weight excluding hydrogens is 606 g/mol. The summed E-state index contributed by atoms with van der Waals surface area (Å²) >= 11 is 5.82. The van der Waals surface area contributed by atoms with Crippen LogP contribution < -0.4 is 0 Å². The fourth-order valence-corrected chi connectivity index (χ4v) is 6.47. The number of nitrogens with zero attached hydrogens (tertiary/aromatic N) is 3. The Morgan fingerprint density at radius 1 is 0.650 bits per heavy atom. The molecule has 0 unspecified atom stereocenters. The van der Waals surface area contributed by atoms with Gasteiger partial charge in [0.15, 0.2) is 0 Å². The molecule has 0 spiro atoms. The van der Waals surface area contributed by atoms with Gasteiger partial charge in [-0.15, -0.1) is 10.2 Å². The van der Waals surface area contributed by atoms with Crippen molar-refractivity contribution in [2.45, 2.75) is 14.7 Å². The van der Waals surface area contributed by atoms with Crippen molar-refractivity contribution in [3.63, 3.8) is 0 Å². The van der Waals surface area contributed by atoms with Gasteiger partial charge in [0.05, 0.1) is 5.69 Å². The van der Waals surface area contributed by atoms with Crippen molar-refractivity contribution in [2.24, 2.45) is 0 Å². The van der Waals surface area contributed by atoms with Gasteiger partial charge >= 0.3 is 0 Å². The van der Waals surface area contributed by atoms with Gasteiger partial charge in [-0.3, -0.25) is 13.7 Å².